The molecule has 0 aliphatic heterocycles. The van der Waals surface area contributed by atoms with Crippen molar-refractivity contribution in [3.63, 3.8) is 0 Å². The minimum atomic E-state index is 0.00742. The molecule has 0 saturated carbocycles. The van der Waals surface area contributed by atoms with Gasteiger partial charge in [-0.2, -0.15) is 0 Å². The molecule has 0 atom stereocenters. The standard InChI is InChI=1S/C21H25N3O2/c1-5-7-12-24(6-2)21(25)17-13-18(16-10-8-14(3)9-11-16)22-20-19(17)15(4)23-26-20/h8-11,13H,5-7,12H2,1-4H3. The zero-order chi connectivity index (χ0) is 18.7. The zero-order valence-corrected chi connectivity index (χ0v) is 15.9. The van der Waals surface area contributed by atoms with Crippen LogP contribution in [0.3, 0.4) is 0 Å². The number of aryl methyl sites for hydroxylation is 2. The first-order chi connectivity index (χ1) is 12.5. The molecule has 2 heterocycles. The Bertz CT molecular complexity index is 913. The number of unbranched alkanes of at least 4 members (excludes halogenated alkanes) is 1. The van der Waals surface area contributed by atoms with Crippen LogP contribution < -0.4 is 0 Å². The summed E-state index contributed by atoms with van der Waals surface area (Å²) in [5.74, 6) is 0.00742. The molecular weight excluding hydrogens is 326 g/mol. The first-order valence-corrected chi connectivity index (χ1v) is 9.18. The third-order valence-corrected chi connectivity index (χ3v) is 4.65. The minimum absolute atomic E-state index is 0.00742. The highest BCUT2D eigenvalue weighted by molar-refractivity contribution is 6.07. The fraction of sp³-hybridized carbons (Fsp3) is 0.381. The maximum absolute atomic E-state index is 13.2. The van der Waals surface area contributed by atoms with Crippen molar-refractivity contribution < 1.29 is 9.32 Å². The van der Waals surface area contributed by atoms with Gasteiger partial charge in [-0.15, -0.1) is 0 Å². The van der Waals surface area contributed by atoms with Gasteiger partial charge in [0.2, 0.25) is 0 Å². The van der Waals surface area contributed by atoms with Gasteiger partial charge >= 0.3 is 0 Å². The Morgan fingerprint density at radius 1 is 1.15 bits per heavy atom. The van der Waals surface area contributed by atoms with E-state index in [2.05, 4.69) is 17.1 Å². The number of pyridine rings is 1. The molecule has 3 rings (SSSR count). The summed E-state index contributed by atoms with van der Waals surface area (Å²) in [4.78, 5) is 19.7. The normalized spacial score (nSPS) is 11.1. The highest BCUT2D eigenvalue weighted by Crippen LogP contribution is 2.28. The van der Waals surface area contributed by atoms with E-state index in [1.807, 2.05) is 56.0 Å². The molecule has 0 saturated heterocycles. The number of aromatic nitrogens is 2. The molecule has 26 heavy (non-hydrogen) atoms. The van der Waals surface area contributed by atoms with Crippen molar-refractivity contribution >= 4 is 17.0 Å². The Hall–Kier alpha value is -2.69. The van der Waals surface area contributed by atoms with Crippen LogP contribution in [0.25, 0.3) is 22.4 Å². The van der Waals surface area contributed by atoms with E-state index in [1.54, 1.807) is 0 Å². The van der Waals surface area contributed by atoms with Crippen LogP contribution in [0, 0.1) is 13.8 Å². The topological polar surface area (TPSA) is 59.2 Å². The molecule has 0 unspecified atom stereocenters. The van der Waals surface area contributed by atoms with E-state index in [-0.39, 0.29) is 5.91 Å². The third-order valence-electron chi connectivity index (χ3n) is 4.65. The molecule has 136 valence electrons. The summed E-state index contributed by atoms with van der Waals surface area (Å²) in [6.07, 6.45) is 2.04. The second kappa shape index (κ2) is 7.68. The van der Waals surface area contributed by atoms with Crippen LogP contribution in [0.15, 0.2) is 34.9 Å². The molecular formula is C21H25N3O2. The Morgan fingerprint density at radius 3 is 2.54 bits per heavy atom. The summed E-state index contributed by atoms with van der Waals surface area (Å²) in [6, 6.07) is 9.96. The number of amides is 1. The predicted octanol–water partition coefficient (Wildman–Crippen LogP) is 4.77. The number of rotatable bonds is 6. The van der Waals surface area contributed by atoms with Gasteiger partial charge in [0.25, 0.3) is 11.6 Å². The van der Waals surface area contributed by atoms with Crippen molar-refractivity contribution in [1.82, 2.24) is 15.0 Å². The molecule has 5 nitrogen and oxygen atoms in total. The van der Waals surface area contributed by atoms with Crippen molar-refractivity contribution in [2.75, 3.05) is 13.1 Å². The number of nitrogens with zero attached hydrogens (tertiary/aromatic N) is 3. The van der Waals surface area contributed by atoms with E-state index in [0.29, 0.717) is 28.9 Å². The SMILES string of the molecule is CCCCN(CC)C(=O)c1cc(-c2ccc(C)cc2)nc2onc(C)c12. The van der Waals surface area contributed by atoms with Gasteiger partial charge in [0.05, 0.1) is 22.3 Å². The van der Waals surface area contributed by atoms with Crippen LogP contribution in [0.4, 0.5) is 0 Å². The Balaban J connectivity index is 2.11. The fourth-order valence-electron chi connectivity index (χ4n) is 3.06. The van der Waals surface area contributed by atoms with Crippen molar-refractivity contribution in [2.24, 2.45) is 0 Å². The van der Waals surface area contributed by atoms with Gasteiger partial charge in [-0.1, -0.05) is 48.3 Å². The predicted molar refractivity (Wildman–Crippen MR) is 103 cm³/mol. The molecule has 2 aromatic heterocycles. The van der Waals surface area contributed by atoms with Crippen molar-refractivity contribution in [3.05, 3.63) is 47.2 Å². The van der Waals surface area contributed by atoms with Gasteiger partial charge < -0.3 is 9.42 Å². The third kappa shape index (κ3) is 3.47. The number of hydrogen-bond acceptors (Lipinski definition) is 4. The molecule has 0 radical (unpaired) electrons. The quantitative estimate of drug-likeness (QED) is 0.642. The van der Waals surface area contributed by atoms with Gasteiger partial charge in [0.1, 0.15) is 0 Å². The molecule has 1 aromatic carbocycles. The Labute approximate surface area is 154 Å². The van der Waals surface area contributed by atoms with Gasteiger partial charge in [-0.05, 0) is 33.3 Å². The zero-order valence-electron chi connectivity index (χ0n) is 15.9. The van der Waals surface area contributed by atoms with Gasteiger partial charge in [0, 0.05) is 18.7 Å². The monoisotopic (exact) mass is 351 g/mol. The smallest absolute Gasteiger partial charge is 0.259 e. The molecule has 0 fully saturated rings. The molecule has 0 aliphatic rings. The van der Waals surface area contributed by atoms with E-state index >= 15 is 0 Å². The van der Waals surface area contributed by atoms with E-state index in [9.17, 15) is 4.79 Å². The Kier molecular flexibility index (Phi) is 5.35. The number of fused-ring (bicyclic) bond motifs is 1. The maximum atomic E-state index is 13.2. The van der Waals surface area contributed by atoms with Crippen molar-refractivity contribution in [2.45, 2.75) is 40.5 Å². The van der Waals surface area contributed by atoms with E-state index in [4.69, 9.17) is 4.52 Å². The van der Waals surface area contributed by atoms with Gasteiger partial charge in [-0.3, -0.25) is 4.79 Å². The van der Waals surface area contributed by atoms with E-state index < -0.39 is 0 Å². The second-order valence-corrected chi connectivity index (χ2v) is 6.61. The van der Waals surface area contributed by atoms with Gasteiger partial charge in [-0.25, -0.2) is 4.98 Å². The minimum Gasteiger partial charge on any atom is -0.339 e. The van der Waals surface area contributed by atoms with Crippen LogP contribution in [-0.4, -0.2) is 34.0 Å². The molecule has 0 spiro atoms. The highest BCUT2D eigenvalue weighted by Gasteiger charge is 2.22. The molecule has 3 aromatic rings. The van der Waals surface area contributed by atoms with Crippen molar-refractivity contribution in [3.8, 4) is 11.3 Å². The average Bonchev–Trinajstić information content (AvgIpc) is 3.03. The number of benzene rings is 1. The van der Waals surface area contributed by atoms with Crippen LogP contribution in [-0.2, 0) is 0 Å². The number of carbonyl (C=O) groups excluding carboxylic acids is 1. The molecule has 5 heteroatoms. The molecule has 0 bridgehead atoms. The lowest BCUT2D eigenvalue weighted by atomic mass is 10.0. The van der Waals surface area contributed by atoms with Crippen LogP contribution >= 0.6 is 0 Å². The fourth-order valence-corrected chi connectivity index (χ4v) is 3.06. The van der Waals surface area contributed by atoms with E-state index in [0.717, 1.165) is 30.6 Å². The first-order valence-electron chi connectivity index (χ1n) is 9.18. The molecule has 1 amide bonds. The van der Waals surface area contributed by atoms with Crippen LogP contribution in [0.1, 0.15) is 48.3 Å². The van der Waals surface area contributed by atoms with Crippen LogP contribution in [0.5, 0.6) is 0 Å². The lowest BCUT2D eigenvalue weighted by molar-refractivity contribution is 0.0764. The van der Waals surface area contributed by atoms with E-state index in [1.165, 1.54) is 5.56 Å². The summed E-state index contributed by atoms with van der Waals surface area (Å²) in [6.45, 7) is 9.45. The maximum Gasteiger partial charge on any atom is 0.259 e. The van der Waals surface area contributed by atoms with Crippen molar-refractivity contribution in [1.29, 1.82) is 0 Å². The average molecular weight is 351 g/mol. The second-order valence-electron chi connectivity index (χ2n) is 6.61. The summed E-state index contributed by atoms with van der Waals surface area (Å²) < 4.78 is 5.39. The first kappa shape index (κ1) is 18.1. The summed E-state index contributed by atoms with van der Waals surface area (Å²) >= 11 is 0. The summed E-state index contributed by atoms with van der Waals surface area (Å²) in [7, 11) is 0. The molecule has 0 N–H and O–H groups in total. The molecule has 0 aliphatic carbocycles. The number of carbonyl (C=O) groups is 1. The van der Waals surface area contributed by atoms with Crippen LogP contribution in [0.2, 0.25) is 0 Å². The lowest BCUT2D eigenvalue weighted by Crippen LogP contribution is -2.32. The lowest BCUT2D eigenvalue weighted by Gasteiger charge is -2.21. The summed E-state index contributed by atoms with van der Waals surface area (Å²) in [5.41, 5.74) is 4.58. The van der Waals surface area contributed by atoms with Gasteiger partial charge in [0.15, 0.2) is 0 Å². The Morgan fingerprint density at radius 2 is 1.88 bits per heavy atom. The number of hydrogen-bond donors (Lipinski definition) is 0. The largest absolute Gasteiger partial charge is 0.339 e. The summed E-state index contributed by atoms with van der Waals surface area (Å²) in [5, 5.41) is 4.74. The highest BCUT2D eigenvalue weighted by atomic mass is 16.5.